The third-order valence-electron chi connectivity index (χ3n) is 1.19. The molecule has 0 spiro atoms. The predicted octanol–water partition coefficient (Wildman–Crippen LogP) is 2.63. The van der Waals surface area contributed by atoms with Gasteiger partial charge in [-0.15, -0.1) is 0 Å². The van der Waals surface area contributed by atoms with E-state index in [1.807, 2.05) is 19.9 Å². The van der Waals surface area contributed by atoms with Crippen molar-refractivity contribution in [2.75, 3.05) is 0 Å². The molecule has 0 atom stereocenters. The standard InChI is InChI=1S/C7H12N2.C2H6/c1-6(2)5-7-3-4-8-9-7;1-2/h3-4,6H,5H2,1-2H3,(H,8,9);1-2H3. The number of aromatic amines is 1. The molecule has 0 saturated heterocycles. The average molecular weight is 154 g/mol. The van der Waals surface area contributed by atoms with Crippen molar-refractivity contribution in [3.8, 4) is 0 Å². The number of hydrogen-bond acceptors (Lipinski definition) is 1. The number of rotatable bonds is 2. The Bertz CT molecular complexity index is 154. The van der Waals surface area contributed by atoms with Crippen LogP contribution in [-0.4, -0.2) is 10.2 Å². The first-order valence-electron chi connectivity index (χ1n) is 4.27. The summed E-state index contributed by atoms with van der Waals surface area (Å²) in [6.07, 6.45) is 2.89. The van der Waals surface area contributed by atoms with Gasteiger partial charge in [-0.25, -0.2) is 0 Å². The van der Waals surface area contributed by atoms with E-state index in [9.17, 15) is 0 Å². The first-order valence-corrected chi connectivity index (χ1v) is 4.27. The predicted molar refractivity (Wildman–Crippen MR) is 48.5 cm³/mol. The molecule has 0 bridgehead atoms. The summed E-state index contributed by atoms with van der Waals surface area (Å²) in [6, 6.07) is 2.01. The Labute approximate surface area is 69.0 Å². The van der Waals surface area contributed by atoms with Crippen LogP contribution in [0.5, 0.6) is 0 Å². The minimum atomic E-state index is 0.713. The number of H-pyrrole nitrogens is 1. The van der Waals surface area contributed by atoms with Gasteiger partial charge in [-0.3, -0.25) is 5.10 Å². The first-order chi connectivity index (χ1) is 5.29. The fourth-order valence-corrected chi connectivity index (χ4v) is 0.838. The Hall–Kier alpha value is -0.790. The van der Waals surface area contributed by atoms with E-state index in [-0.39, 0.29) is 0 Å². The van der Waals surface area contributed by atoms with E-state index in [2.05, 4.69) is 24.0 Å². The largest absolute Gasteiger partial charge is 0.283 e. The number of hydrogen-bond donors (Lipinski definition) is 1. The fraction of sp³-hybridized carbons (Fsp3) is 0.667. The minimum Gasteiger partial charge on any atom is -0.283 e. The van der Waals surface area contributed by atoms with Gasteiger partial charge in [0.1, 0.15) is 0 Å². The van der Waals surface area contributed by atoms with Crippen LogP contribution in [0.2, 0.25) is 0 Å². The smallest absolute Gasteiger partial charge is 0.0490 e. The summed E-state index contributed by atoms with van der Waals surface area (Å²) in [6.45, 7) is 8.39. The van der Waals surface area contributed by atoms with Crippen LogP contribution in [0.4, 0.5) is 0 Å². The normalized spacial score (nSPS) is 9.18. The molecule has 0 aromatic carbocycles. The molecule has 1 N–H and O–H groups in total. The lowest BCUT2D eigenvalue weighted by Crippen LogP contribution is -1.93. The molecule has 1 rings (SSSR count). The zero-order valence-corrected chi connectivity index (χ0v) is 7.89. The summed E-state index contributed by atoms with van der Waals surface area (Å²) >= 11 is 0. The summed E-state index contributed by atoms with van der Waals surface area (Å²) in [4.78, 5) is 0. The maximum absolute atomic E-state index is 3.85. The highest BCUT2D eigenvalue weighted by Crippen LogP contribution is 2.02. The van der Waals surface area contributed by atoms with Crippen LogP contribution in [0.1, 0.15) is 33.4 Å². The maximum Gasteiger partial charge on any atom is 0.0490 e. The molecule has 0 amide bonds. The first kappa shape index (κ1) is 10.2. The van der Waals surface area contributed by atoms with Crippen molar-refractivity contribution >= 4 is 0 Å². The summed E-state index contributed by atoms with van der Waals surface area (Å²) in [7, 11) is 0. The highest BCUT2D eigenvalue weighted by atomic mass is 15.1. The van der Waals surface area contributed by atoms with Gasteiger partial charge < -0.3 is 0 Å². The minimum absolute atomic E-state index is 0.713. The molecule has 1 aromatic heterocycles. The third-order valence-corrected chi connectivity index (χ3v) is 1.19. The van der Waals surface area contributed by atoms with E-state index in [0.717, 1.165) is 6.42 Å². The summed E-state index contributed by atoms with van der Waals surface area (Å²) in [5.41, 5.74) is 1.23. The van der Waals surface area contributed by atoms with Crippen molar-refractivity contribution in [2.24, 2.45) is 5.92 Å². The molecular formula is C9H18N2. The summed E-state index contributed by atoms with van der Waals surface area (Å²) < 4.78 is 0. The van der Waals surface area contributed by atoms with Crippen molar-refractivity contribution in [1.29, 1.82) is 0 Å². The van der Waals surface area contributed by atoms with Crippen LogP contribution in [0.25, 0.3) is 0 Å². The molecule has 2 heteroatoms. The quantitative estimate of drug-likeness (QED) is 0.697. The van der Waals surface area contributed by atoms with E-state index in [1.165, 1.54) is 5.69 Å². The van der Waals surface area contributed by atoms with Gasteiger partial charge in [0.15, 0.2) is 0 Å². The Morgan fingerprint density at radius 3 is 2.45 bits per heavy atom. The Morgan fingerprint density at radius 1 is 1.45 bits per heavy atom. The lowest BCUT2D eigenvalue weighted by atomic mass is 10.1. The molecule has 1 heterocycles. The molecule has 64 valence electrons. The SMILES string of the molecule is CC.CC(C)Cc1ccn[nH]1. The van der Waals surface area contributed by atoms with Gasteiger partial charge in [0.05, 0.1) is 0 Å². The third kappa shape index (κ3) is 4.59. The summed E-state index contributed by atoms with van der Waals surface area (Å²) in [5.74, 6) is 0.713. The van der Waals surface area contributed by atoms with Crippen LogP contribution in [0, 0.1) is 5.92 Å². The topological polar surface area (TPSA) is 28.7 Å². The average Bonchev–Trinajstić information content (AvgIpc) is 2.43. The Balaban J connectivity index is 0.000000461. The van der Waals surface area contributed by atoms with Gasteiger partial charge >= 0.3 is 0 Å². The lowest BCUT2D eigenvalue weighted by molar-refractivity contribution is 0.633. The Kier molecular flexibility index (Phi) is 5.53. The molecule has 11 heavy (non-hydrogen) atoms. The second-order valence-electron chi connectivity index (χ2n) is 2.68. The van der Waals surface area contributed by atoms with E-state index in [4.69, 9.17) is 0 Å². The van der Waals surface area contributed by atoms with Gasteiger partial charge in [0.2, 0.25) is 0 Å². The van der Waals surface area contributed by atoms with Crippen molar-refractivity contribution in [1.82, 2.24) is 10.2 Å². The number of aromatic nitrogens is 2. The van der Waals surface area contributed by atoms with Gasteiger partial charge in [-0.2, -0.15) is 5.10 Å². The molecule has 2 nitrogen and oxygen atoms in total. The van der Waals surface area contributed by atoms with Crippen LogP contribution >= 0.6 is 0 Å². The second kappa shape index (κ2) is 5.96. The highest BCUT2D eigenvalue weighted by Gasteiger charge is 1.95. The van der Waals surface area contributed by atoms with Crippen LogP contribution in [0.3, 0.4) is 0 Å². The molecule has 0 fully saturated rings. The zero-order chi connectivity index (χ0) is 8.69. The van der Waals surface area contributed by atoms with Gasteiger partial charge in [-0.1, -0.05) is 27.7 Å². The van der Waals surface area contributed by atoms with Crippen molar-refractivity contribution in [3.05, 3.63) is 18.0 Å². The van der Waals surface area contributed by atoms with E-state index < -0.39 is 0 Å². The molecule has 0 unspecified atom stereocenters. The van der Waals surface area contributed by atoms with Crippen LogP contribution in [-0.2, 0) is 6.42 Å². The Morgan fingerprint density at radius 2 is 2.09 bits per heavy atom. The molecule has 1 aromatic rings. The second-order valence-corrected chi connectivity index (χ2v) is 2.68. The molecule has 0 radical (unpaired) electrons. The molecule has 0 aliphatic rings. The molecule has 0 saturated carbocycles. The van der Waals surface area contributed by atoms with Crippen molar-refractivity contribution in [3.63, 3.8) is 0 Å². The van der Waals surface area contributed by atoms with Crippen molar-refractivity contribution < 1.29 is 0 Å². The number of nitrogens with one attached hydrogen (secondary N) is 1. The van der Waals surface area contributed by atoms with Crippen LogP contribution in [0.15, 0.2) is 12.3 Å². The van der Waals surface area contributed by atoms with Crippen LogP contribution < -0.4 is 0 Å². The van der Waals surface area contributed by atoms with Crippen molar-refractivity contribution in [2.45, 2.75) is 34.1 Å². The lowest BCUT2D eigenvalue weighted by Gasteiger charge is -1.98. The highest BCUT2D eigenvalue weighted by molar-refractivity contribution is 4.97. The number of nitrogens with zero attached hydrogens (tertiary/aromatic N) is 1. The maximum atomic E-state index is 3.85. The van der Waals surface area contributed by atoms with Gasteiger partial charge in [0.25, 0.3) is 0 Å². The van der Waals surface area contributed by atoms with E-state index >= 15 is 0 Å². The summed E-state index contributed by atoms with van der Waals surface area (Å²) in [5, 5.41) is 6.77. The zero-order valence-electron chi connectivity index (χ0n) is 7.89. The monoisotopic (exact) mass is 154 g/mol. The molecule has 0 aliphatic carbocycles. The van der Waals surface area contributed by atoms with E-state index in [0.29, 0.717) is 5.92 Å². The molecular weight excluding hydrogens is 136 g/mol. The van der Waals surface area contributed by atoms with E-state index in [1.54, 1.807) is 6.20 Å². The van der Waals surface area contributed by atoms with Gasteiger partial charge in [-0.05, 0) is 18.4 Å². The molecule has 0 aliphatic heterocycles. The fourth-order valence-electron chi connectivity index (χ4n) is 0.838. The van der Waals surface area contributed by atoms with Gasteiger partial charge in [0, 0.05) is 11.9 Å².